The topological polar surface area (TPSA) is 73.6 Å². The summed E-state index contributed by atoms with van der Waals surface area (Å²) in [6, 6.07) is 5.59. The molecule has 0 fully saturated rings. The van der Waals surface area contributed by atoms with Crippen molar-refractivity contribution in [2.75, 3.05) is 20.8 Å². The van der Waals surface area contributed by atoms with Crippen LogP contribution in [-0.4, -0.2) is 26.7 Å². The number of carbonyl (C=O) groups is 1. The van der Waals surface area contributed by atoms with E-state index < -0.39 is 0 Å². The molecule has 0 spiro atoms. The SMILES string of the molecule is CCC(CN)CC(=O)NCc1ccc(OC)c(OC)c1. The molecule has 0 saturated carbocycles. The molecule has 1 aromatic carbocycles. The summed E-state index contributed by atoms with van der Waals surface area (Å²) in [5.41, 5.74) is 6.57. The van der Waals surface area contributed by atoms with Gasteiger partial charge in [-0.2, -0.15) is 0 Å². The van der Waals surface area contributed by atoms with Gasteiger partial charge in [0, 0.05) is 13.0 Å². The highest BCUT2D eigenvalue weighted by molar-refractivity contribution is 5.76. The number of methoxy groups -OCH3 is 2. The van der Waals surface area contributed by atoms with Gasteiger partial charge in [0.1, 0.15) is 0 Å². The molecule has 0 aliphatic heterocycles. The molecule has 0 aromatic heterocycles. The first-order valence-corrected chi connectivity index (χ1v) is 6.82. The summed E-state index contributed by atoms with van der Waals surface area (Å²) in [4.78, 5) is 11.8. The van der Waals surface area contributed by atoms with Crippen molar-refractivity contribution < 1.29 is 14.3 Å². The van der Waals surface area contributed by atoms with Gasteiger partial charge in [-0.15, -0.1) is 0 Å². The van der Waals surface area contributed by atoms with Gasteiger partial charge in [0.2, 0.25) is 5.91 Å². The maximum absolute atomic E-state index is 11.8. The molecule has 0 saturated heterocycles. The summed E-state index contributed by atoms with van der Waals surface area (Å²) in [6.07, 6.45) is 1.39. The molecule has 3 N–H and O–H groups in total. The fraction of sp³-hybridized carbons (Fsp3) is 0.533. The van der Waals surface area contributed by atoms with Crippen LogP contribution in [0, 0.1) is 5.92 Å². The van der Waals surface area contributed by atoms with Gasteiger partial charge >= 0.3 is 0 Å². The van der Waals surface area contributed by atoms with Gasteiger partial charge in [0.25, 0.3) is 0 Å². The molecule has 0 radical (unpaired) electrons. The second-order valence-electron chi connectivity index (χ2n) is 4.68. The number of hydrogen-bond acceptors (Lipinski definition) is 4. The molecule has 1 unspecified atom stereocenters. The van der Waals surface area contributed by atoms with E-state index in [0.717, 1.165) is 12.0 Å². The Hall–Kier alpha value is -1.75. The van der Waals surface area contributed by atoms with Gasteiger partial charge in [0.05, 0.1) is 14.2 Å². The van der Waals surface area contributed by atoms with Gasteiger partial charge in [-0.1, -0.05) is 19.4 Å². The van der Waals surface area contributed by atoms with Crippen LogP contribution in [0.15, 0.2) is 18.2 Å². The van der Waals surface area contributed by atoms with Crippen LogP contribution in [0.1, 0.15) is 25.3 Å². The van der Waals surface area contributed by atoms with Crippen LogP contribution in [0.4, 0.5) is 0 Å². The van der Waals surface area contributed by atoms with E-state index in [1.807, 2.05) is 25.1 Å². The Morgan fingerprint density at radius 1 is 1.30 bits per heavy atom. The number of hydrogen-bond donors (Lipinski definition) is 2. The summed E-state index contributed by atoms with van der Waals surface area (Å²) >= 11 is 0. The molecule has 0 aliphatic carbocycles. The quantitative estimate of drug-likeness (QED) is 0.760. The van der Waals surface area contributed by atoms with E-state index in [-0.39, 0.29) is 11.8 Å². The second kappa shape index (κ2) is 8.43. The van der Waals surface area contributed by atoms with E-state index in [1.165, 1.54) is 0 Å². The Bertz CT molecular complexity index is 431. The number of ether oxygens (including phenoxy) is 2. The number of nitrogens with one attached hydrogen (secondary N) is 1. The van der Waals surface area contributed by atoms with Crippen molar-refractivity contribution in [2.24, 2.45) is 11.7 Å². The third-order valence-corrected chi connectivity index (χ3v) is 3.32. The van der Waals surface area contributed by atoms with Crippen molar-refractivity contribution in [1.29, 1.82) is 0 Å². The first-order chi connectivity index (χ1) is 9.64. The third kappa shape index (κ3) is 4.74. The monoisotopic (exact) mass is 280 g/mol. The van der Waals surface area contributed by atoms with Crippen molar-refractivity contribution in [3.05, 3.63) is 23.8 Å². The summed E-state index contributed by atoms with van der Waals surface area (Å²) < 4.78 is 10.4. The van der Waals surface area contributed by atoms with Crippen LogP contribution in [0.5, 0.6) is 11.5 Å². The summed E-state index contributed by atoms with van der Waals surface area (Å²) in [6.45, 7) is 3.06. The van der Waals surface area contributed by atoms with Crippen molar-refractivity contribution in [3.63, 3.8) is 0 Å². The molecular formula is C15H24N2O3. The molecule has 0 heterocycles. The number of rotatable bonds is 8. The maximum Gasteiger partial charge on any atom is 0.220 e. The van der Waals surface area contributed by atoms with Crippen molar-refractivity contribution in [2.45, 2.75) is 26.3 Å². The Labute approximate surface area is 120 Å². The zero-order valence-corrected chi connectivity index (χ0v) is 12.4. The third-order valence-electron chi connectivity index (χ3n) is 3.32. The standard InChI is InChI=1S/C15H24N2O3/c1-4-11(9-16)8-15(18)17-10-12-5-6-13(19-2)14(7-12)20-3/h5-7,11H,4,8-10,16H2,1-3H3,(H,17,18). The van der Waals surface area contributed by atoms with Gasteiger partial charge in [-0.3, -0.25) is 4.79 Å². The Morgan fingerprint density at radius 3 is 2.55 bits per heavy atom. The van der Waals surface area contributed by atoms with Crippen molar-refractivity contribution in [1.82, 2.24) is 5.32 Å². The van der Waals surface area contributed by atoms with Crippen LogP contribution in [0.2, 0.25) is 0 Å². The highest BCUT2D eigenvalue weighted by Gasteiger charge is 2.10. The molecule has 0 bridgehead atoms. The molecule has 1 rings (SSSR count). The minimum absolute atomic E-state index is 0.0251. The van der Waals surface area contributed by atoms with E-state index in [4.69, 9.17) is 15.2 Å². The first-order valence-electron chi connectivity index (χ1n) is 6.82. The van der Waals surface area contributed by atoms with Gasteiger partial charge in [-0.25, -0.2) is 0 Å². The minimum atomic E-state index is 0.0251. The smallest absolute Gasteiger partial charge is 0.220 e. The number of nitrogens with two attached hydrogens (primary N) is 1. The highest BCUT2D eigenvalue weighted by atomic mass is 16.5. The largest absolute Gasteiger partial charge is 0.493 e. The molecule has 1 atom stereocenters. The van der Waals surface area contributed by atoms with E-state index in [9.17, 15) is 4.79 Å². The predicted octanol–water partition coefficient (Wildman–Crippen LogP) is 1.69. The van der Waals surface area contributed by atoms with Crippen LogP contribution in [0.3, 0.4) is 0 Å². The zero-order chi connectivity index (χ0) is 15.0. The van der Waals surface area contributed by atoms with E-state index in [0.29, 0.717) is 31.0 Å². The lowest BCUT2D eigenvalue weighted by molar-refractivity contribution is -0.122. The lowest BCUT2D eigenvalue weighted by atomic mass is 10.0. The fourth-order valence-corrected chi connectivity index (χ4v) is 1.92. The second-order valence-corrected chi connectivity index (χ2v) is 4.68. The van der Waals surface area contributed by atoms with Gasteiger partial charge < -0.3 is 20.5 Å². The number of carbonyl (C=O) groups excluding carboxylic acids is 1. The average Bonchev–Trinajstić information content (AvgIpc) is 2.50. The first kappa shape index (κ1) is 16.3. The molecule has 112 valence electrons. The van der Waals surface area contributed by atoms with Crippen LogP contribution in [0.25, 0.3) is 0 Å². The van der Waals surface area contributed by atoms with Gasteiger partial charge in [-0.05, 0) is 30.2 Å². The molecule has 1 aromatic rings. The van der Waals surface area contributed by atoms with Crippen LogP contribution < -0.4 is 20.5 Å². The minimum Gasteiger partial charge on any atom is -0.493 e. The summed E-state index contributed by atoms with van der Waals surface area (Å²) in [5, 5.41) is 2.90. The van der Waals surface area contributed by atoms with Crippen molar-refractivity contribution >= 4 is 5.91 Å². The van der Waals surface area contributed by atoms with Gasteiger partial charge in [0.15, 0.2) is 11.5 Å². The lowest BCUT2D eigenvalue weighted by Crippen LogP contribution is -2.27. The van der Waals surface area contributed by atoms with E-state index in [1.54, 1.807) is 14.2 Å². The van der Waals surface area contributed by atoms with Crippen molar-refractivity contribution in [3.8, 4) is 11.5 Å². The van der Waals surface area contributed by atoms with E-state index >= 15 is 0 Å². The fourth-order valence-electron chi connectivity index (χ4n) is 1.92. The molecule has 5 heteroatoms. The van der Waals surface area contributed by atoms with E-state index in [2.05, 4.69) is 5.32 Å². The number of benzene rings is 1. The summed E-state index contributed by atoms with van der Waals surface area (Å²) in [7, 11) is 3.18. The molecule has 20 heavy (non-hydrogen) atoms. The zero-order valence-electron chi connectivity index (χ0n) is 12.4. The molecular weight excluding hydrogens is 256 g/mol. The molecule has 5 nitrogen and oxygen atoms in total. The highest BCUT2D eigenvalue weighted by Crippen LogP contribution is 2.27. The molecule has 0 aliphatic rings. The maximum atomic E-state index is 11.8. The average molecular weight is 280 g/mol. The van der Waals surface area contributed by atoms with Crippen LogP contribution in [-0.2, 0) is 11.3 Å². The Balaban J connectivity index is 2.55. The molecule has 1 amide bonds. The lowest BCUT2D eigenvalue weighted by Gasteiger charge is -2.13. The Morgan fingerprint density at radius 2 is 2.00 bits per heavy atom. The predicted molar refractivity (Wildman–Crippen MR) is 78.8 cm³/mol. The Kier molecular flexibility index (Phi) is 6.87. The number of amides is 1. The summed E-state index contributed by atoms with van der Waals surface area (Å²) in [5.74, 6) is 1.61. The normalized spacial score (nSPS) is 11.8. The van der Waals surface area contributed by atoms with Crippen LogP contribution >= 0.6 is 0 Å².